The summed E-state index contributed by atoms with van der Waals surface area (Å²) in [5.74, 6) is 0.132. The summed E-state index contributed by atoms with van der Waals surface area (Å²) >= 11 is 0. The minimum Gasteiger partial charge on any atom is -0.483 e. The average Bonchev–Trinajstić information content (AvgIpc) is 2.97. The largest absolute Gasteiger partial charge is 0.483 e. The number of benzene rings is 2. The SMILES string of the molecule is CN(C)CC1=C(N2Cc3ccccc3C2=O)c2cc(C(F)(F)F)ccc2OC1(C)C. The number of fused-ring (bicyclic) bond motifs is 2. The zero-order valence-electron chi connectivity index (χ0n) is 17.3. The van der Waals surface area contributed by atoms with E-state index in [1.807, 2.05) is 45.0 Å². The van der Waals surface area contributed by atoms with Crippen LogP contribution in [0.2, 0.25) is 0 Å². The molecule has 2 aromatic rings. The maximum Gasteiger partial charge on any atom is 0.416 e. The highest BCUT2D eigenvalue weighted by molar-refractivity contribution is 6.04. The Hall–Kier alpha value is -2.80. The van der Waals surface area contributed by atoms with Crippen molar-refractivity contribution in [1.29, 1.82) is 0 Å². The summed E-state index contributed by atoms with van der Waals surface area (Å²) in [6, 6.07) is 10.7. The van der Waals surface area contributed by atoms with Crippen molar-refractivity contribution in [2.75, 3.05) is 20.6 Å². The predicted molar refractivity (Wildman–Crippen MR) is 108 cm³/mol. The first-order chi connectivity index (χ1) is 14.0. The van der Waals surface area contributed by atoms with Crippen molar-refractivity contribution in [2.24, 2.45) is 0 Å². The number of rotatable bonds is 3. The second kappa shape index (κ2) is 6.87. The molecule has 0 unspecified atom stereocenters. The Balaban J connectivity index is 1.95. The van der Waals surface area contributed by atoms with Crippen LogP contribution in [0.5, 0.6) is 5.75 Å². The summed E-state index contributed by atoms with van der Waals surface area (Å²) < 4.78 is 46.5. The van der Waals surface area contributed by atoms with E-state index in [1.54, 1.807) is 17.0 Å². The summed E-state index contributed by atoms with van der Waals surface area (Å²) in [6.45, 7) is 4.51. The second-order valence-corrected chi connectivity index (χ2v) is 8.43. The van der Waals surface area contributed by atoms with E-state index in [9.17, 15) is 18.0 Å². The van der Waals surface area contributed by atoms with Gasteiger partial charge in [0.05, 0.1) is 17.8 Å². The molecule has 1 amide bonds. The monoisotopic (exact) mass is 416 g/mol. The van der Waals surface area contributed by atoms with E-state index >= 15 is 0 Å². The molecule has 2 heterocycles. The highest BCUT2D eigenvalue weighted by Gasteiger charge is 2.42. The van der Waals surface area contributed by atoms with Crippen LogP contribution in [-0.2, 0) is 12.7 Å². The van der Waals surface area contributed by atoms with Gasteiger partial charge in [-0.2, -0.15) is 13.2 Å². The van der Waals surface area contributed by atoms with Crippen molar-refractivity contribution < 1.29 is 22.7 Å². The van der Waals surface area contributed by atoms with Crippen molar-refractivity contribution in [3.05, 3.63) is 70.3 Å². The molecular formula is C23H23F3N2O2. The van der Waals surface area contributed by atoms with E-state index in [1.165, 1.54) is 6.07 Å². The van der Waals surface area contributed by atoms with Gasteiger partial charge in [0, 0.05) is 23.2 Å². The molecule has 4 rings (SSSR count). The molecule has 0 aliphatic carbocycles. The lowest BCUT2D eigenvalue weighted by molar-refractivity contribution is -0.137. The number of hydrogen-bond donors (Lipinski definition) is 0. The normalized spacial score (nSPS) is 17.9. The molecule has 0 bridgehead atoms. The van der Waals surface area contributed by atoms with Gasteiger partial charge < -0.3 is 14.5 Å². The number of carbonyl (C=O) groups excluding carboxylic acids is 1. The third-order valence-electron chi connectivity index (χ3n) is 5.51. The average molecular weight is 416 g/mol. The first-order valence-corrected chi connectivity index (χ1v) is 9.68. The van der Waals surface area contributed by atoms with Gasteiger partial charge in [0.25, 0.3) is 5.91 Å². The maximum atomic E-state index is 13.5. The summed E-state index contributed by atoms with van der Waals surface area (Å²) in [6.07, 6.45) is -4.49. The van der Waals surface area contributed by atoms with Gasteiger partial charge in [0.15, 0.2) is 0 Å². The molecule has 0 saturated heterocycles. The van der Waals surface area contributed by atoms with Gasteiger partial charge in [-0.1, -0.05) is 18.2 Å². The van der Waals surface area contributed by atoms with Gasteiger partial charge in [0.2, 0.25) is 0 Å². The summed E-state index contributed by atoms with van der Waals surface area (Å²) in [5, 5.41) is 0. The highest BCUT2D eigenvalue weighted by Crippen LogP contribution is 2.46. The van der Waals surface area contributed by atoms with Crippen LogP contribution in [0.3, 0.4) is 0 Å². The molecule has 7 heteroatoms. The van der Waals surface area contributed by atoms with Crippen molar-refractivity contribution in [3.63, 3.8) is 0 Å². The van der Waals surface area contributed by atoms with Crippen LogP contribution in [0.15, 0.2) is 48.0 Å². The third kappa shape index (κ3) is 3.37. The standard InChI is InChI=1S/C23H23F3N2O2/c1-22(2)18(13-27(3)4)20(28-12-14-7-5-6-8-16(14)21(28)29)17-11-15(23(24,25)26)9-10-19(17)30-22/h5-11H,12-13H2,1-4H3. The quantitative estimate of drug-likeness (QED) is 0.720. The molecular weight excluding hydrogens is 393 g/mol. The lowest BCUT2D eigenvalue weighted by Crippen LogP contribution is -2.42. The fraction of sp³-hybridized carbons (Fsp3) is 0.348. The van der Waals surface area contributed by atoms with E-state index < -0.39 is 17.3 Å². The Morgan fingerprint density at radius 3 is 2.43 bits per heavy atom. The first-order valence-electron chi connectivity index (χ1n) is 9.68. The number of ether oxygens (including phenoxy) is 1. The maximum absolute atomic E-state index is 13.5. The number of halogens is 3. The summed E-state index contributed by atoms with van der Waals surface area (Å²) in [5.41, 5.74) is 1.44. The number of alkyl halides is 3. The minimum absolute atomic E-state index is 0.210. The number of nitrogens with zero attached hydrogens (tertiary/aromatic N) is 2. The number of likely N-dealkylation sites (N-methyl/N-ethyl adjacent to an activating group) is 1. The number of hydrogen-bond acceptors (Lipinski definition) is 3. The Morgan fingerprint density at radius 1 is 1.10 bits per heavy atom. The Bertz CT molecular complexity index is 1050. The molecule has 2 aliphatic rings. The lowest BCUT2D eigenvalue weighted by atomic mass is 9.87. The van der Waals surface area contributed by atoms with Crippen LogP contribution in [-0.4, -0.2) is 41.9 Å². The van der Waals surface area contributed by atoms with Gasteiger partial charge in [-0.3, -0.25) is 4.79 Å². The Labute approximate surface area is 173 Å². The van der Waals surface area contributed by atoms with Crippen LogP contribution >= 0.6 is 0 Å². The van der Waals surface area contributed by atoms with E-state index in [0.717, 1.165) is 23.3 Å². The lowest BCUT2D eigenvalue weighted by Gasteiger charge is -2.40. The van der Waals surface area contributed by atoms with Crippen LogP contribution < -0.4 is 4.74 Å². The molecule has 0 fully saturated rings. The van der Waals surface area contributed by atoms with Gasteiger partial charge in [-0.05, 0) is 57.8 Å². The summed E-state index contributed by atoms with van der Waals surface area (Å²) in [7, 11) is 3.76. The Morgan fingerprint density at radius 2 is 1.80 bits per heavy atom. The molecule has 0 aromatic heterocycles. The molecule has 30 heavy (non-hydrogen) atoms. The van der Waals surface area contributed by atoms with Crippen LogP contribution in [0.25, 0.3) is 5.70 Å². The third-order valence-corrected chi connectivity index (χ3v) is 5.51. The van der Waals surface area contributed by atoms with E-state index in [0.29, 0.717) is 35.7 Å². The molecule has 4 nitrogen and oxygen atoms in total. The number of amides is 1. The molecule has 0 radical (unpaired) electrons. The Kier molecular flexibility index (Phi) is 4.69. The van der Waals surface area contributed by atoms with Crippen molar-refractivity contribution in [3.8, 4) is 5.75 Å². The zero-order chi connectivity index (χ0) is 21.8. The topological polar surface area (TPSA) is 32.8 Å². The van der Waals surface area contributed by atoms with Crippen LogP contribution in [0, 0.1) is 0 Å². The zero-order valence-corrected chi connectivity index (χ0v) is 17.3. The second-order valence-electron chi connectivity index (χ2n) is 8.43. The van der Waals surface area contributed by atoms with Gasteiger partial charge in [-0.25, -0.2) is 0 Å². The fourth-order valence-electron chi connectivity index (χ4n) is 4.09. The fourth-order valence-corrected chi connectivity index (χ4v) is 4.09. The smallest absolute Gasteiger partial charge is 0.416 e. The van der Waals surface area contributed by atoms with Crippen molar-refractivity contribution in [1.82, 2.24) is 9.80 Å². The molecule has 0 N–H and O–H groups in total. The van der Waals surface area contributed by atoms with E-state index in [2.05, 4.69) is 0 Å². The predicted octanol–water partition coefficient (Wildman–Crippen LogP) is 4.81. The van der Waals surface area contributed by atoms with Crippen LogP contribution in [0.4, 0.5) is 13.2 Å². The van der Waals surface area contributed by atoms with Gasteiger partial charge >= 0.3 is 6.18 Å². The molecule has 2 aromatic carbocycles. The van der Waals surface area contributed by atoms with Gasteiger partial charge in [0.1, 0.15) is 11.4 Å². The molecule has 2 aliphatic heterocycles. The van der Waals surface area contributed by atoms with Gasteiger partial charge in [-0.15, -0.1) is 0 Å². The summed E-state index contributed by atoms with van der Waals surface area (Å²) in [4.78, 5) is 16.8. The van der Waals surface area contributed by atoms with E-state index in [-0.39, 0.29) is 5.91 Å². The number of carbonyl (C=O) groups is 1. The molecule has 0 spiro atoms. The highest BCUT2D eigenvalue weighted by atomic mass is 19.4. The first kappa shape index (κ1) is 20.5. The molecule has 0 atom stereocenters. The minimum atomic E-state index is -4.49. The van der Waals surface area contributed by atoms with Crippen LogP contribution in [0.1, 0.15) is 40.9 Å². The van der Waals surface area contributed by atoms with E-state index in [4.69, 9.17) is 4.74 Å². The van der Waals surface area contributed by atoms with Crippen molar-refractivity contribution >= 4 is 11.6 Å². The molecule has 0 saturated carbocycles. The van der Waals surface area contributed by atoms with Crippen molar-refractivity contribution in [2.45, 2.75) is 32.2 Å². The molecule has 158 valence electrons.